The number of anilines is 2. The summed E-state index contributed by atoms with van der Waals surface area (Å²) in [6, 6.07) is 11.3. The Hall–Kier alpha value is -3.67. The normalized spacial score (nSPS) is 10.7. The molecule has 172 valence electrons. The fourth-order valence-corrected chi connectivity index (χ4v) is 3.46. The largest absolute Gasteiger partial charge is 0.493 e. The molecule has 0 aliphatic heterocycles. The minimum Gasteiger partial charge on any atom is -0.493 e. The van der Waals surface area contributed by atoms with E-state index in [1.54, 1.807) is 7.11 Å². The van der Waals surface area contributed by atoms with Gasteiger partial charge < -0.3 is 25.3 Å². The molecule has 8 heteroatoms. The summed E-state index contributed by atoms with van der Waals surface area (Å²) in [7, 11) is 1.60. The Morgan fingerprint density at radius 2 is 2.06 bits per heavy atom. The van der Waals surface area contributed by atoms with E-state index in [2.05, 4.69) is 26.1 Å². The summed E-state index contributed by atoms with van der Waals surface area (Å²) in [4.78, 5) is 21.6. The van der Waals surface area contributed by atoms with E-state index in [-0.39, 0.29) is 0 Å². The first-order chi connectivity index (χ1) is 16.2. The average Bonchev–Trinajstić information content (AvgIpc) is 2.84. The molecule has 8 nitrogen and oxygen atoms in total. The van der Waals surface area contributed by atoms with Crippen molar-refractivity contribution in [3.8, 4) is 23.8 Å². The van der Waals surface area contributed by atoms with Gasteiger partial charge in [0.05, 0.1) is 12.6 Å². The molecule has 3 aromatic rings. The number of nitrogens with zero attached hydrogens (tertiary/aromatic N) is 3. The highest BCUT2D eigenvalue weighted by Crippen LogP contribution is 2.34. The molecule has 0 spiro atoms. The van der Waals surface area contributed by atoms with Crippen LogP contribution in [0, 0.1) is 12.3 Å². The molecule has 0 bridgehead atoms. The lowest BCUT2D eigenvalue weighted by Gasteiger charge is -2.21. The van der Waals surface area contributed by atoms with Crippen LogP contribution in [-0.2, 0) is 4.79 Å². The lowest BCUT2D eigenvalue weighted by Crippen LogP contribution is -2.34. The molecule has 0 fully saturated rings. The van der Waals surface area contributed by atoms with Crippen molar-refractivity contribution in [2.75, 3.05) is 45.2 Å². The molecule has 0 saturated heterocycles. The topological polar surface area (TPSA) is 103 Å². The maximum absolute atomic E-state index is 10.6. The van der Waals surface area contributed by atoms with Gasteiger partial charge in [-0.05, 0) is 37.2 Å². The first kappa shape index (κ1) is 24.0. The van der Waals surface area contributed by atoms with Gasteiger partial charge in [0.2, 0.25) is 0 Å². The summed E-state index contributed by atoms with van der Waals surface area (Å²) in [6.07, 6.45) is 9.30. The number of fused-ring (bicyclic) bond motifs is 1. The zero-order chi connectivity index (χ0) is 23.5. The number of rotatable bonds is 13. The number of carbonyl (C=O) groups excluding carboxylic acids is 1. The number of hydrogen-bond donors (Lipinski definition) is 2. The molecule has 3 N–H and O–H groups in total. The number of aldehydes is 1. The molecule has 0 radical (unpaired) electrons. The summed E-state index contributed by atoms with van der Waals surface area (Å²) >= 11 is 0. The fraction of sp³-hybridized carbons (Fsp3) is 0.320. The predicted molar refractivity (Wildman–Crippen MR) is 130 cm³/mol. The smallest absolute Gasteiger partial charge is 0.162 e. The summed E-state index contributed by atoms with van der Waals surface area (Å²) in [5.74, 6) is 4.46. The number of benzene rings is 2. The molecule has 2 aromatic carbocycles. The molecule has 0 unspecified atom stereocenters. The molecular formula is C25H29N5O3. The van der Waals surface area contributed by atoms with Crippen LogP contribution in [-0.4, -0.2) is 61.0 Å². The van der Waals surface area contributed by atoms with Gasteiger partial charge in [0.1, 0.15) is 25.0 Å². The first-order valence-corrected chi connectivity index (χ1v) is 10.8. The van der Waals surface area contributed by atoms with Crippen molar-refractivity contribution in [2.24, 2.45) is 5.73 Å². The molecule has 0 amide bonds. The van der Waals surface area contributed by atoms with Crippen LogP contribution in [0.5, 0.6) is 11.5 Å². The minimum absolute atomic E-state index is 0.448. The number of nitrogens with one attached hydrogen (secondary N) is 1. The lowest BCUT2D eigenvalue weighted by atomic mass is 10.2. The van der Waals surface area contributed by atoms with Gasteiger partial charge in [-0.1, -0.05) is 12.0 Å². The first-order valence-electron chi connectivity index (χ1n) is 10.8. The molecule has 1 aromatic heterocycles. The van der Waals surface area contributed by atoms with E-state index in [1.807, 2.05) is 36.4 Å². The van der Waals surface area contributed by atoms with E-state index in [1.165, 1.54) is 6.33 Å². The van der Waals surface area contributed by atoms with Crippen LogP contribution < -0.4 is 20.5 Å². The van der Waals surface area contributed by atoms with E-state index in [0.717, 1.165) is 48.0 Å². The zero-order valence-electron chi connectivity index (χ0n) is 18.8. The van der Waals surface area contributed by atoms with E-state index >= 15 is 0 Å². The second-order valence-electron chi connectivity index (χ2n) is 7.38. The third-order valence-electron chi connectivity index (χ3n) is 5.12. The zero-order valence-corrected chi connectivity index (χ0v) is 18.8. The number of hydrogen-bond acceptors (Lipinski definition) is 8. The number of carbonyl (C=O) groups is 1. The van der Waals surface area contributed by atoms with Crippen LogP contribution in [0.3, 0.4) is 0 Å². The van der Waals surface area contributed by atoms with Gasteiger partial charge in [-0.2, -0.15) is 0 Å². The Morgan fingerprint density at radius 3 is 2.82 bits per heavy atom. The van der Waals surface area contributed by atoms with Crippen LogP contribution in [0.1, 0.15) is 18.4 Å². The average molecular weight is 448 g/mol. The summed E-state index contributed by atoms with van der Waals surface area (Å²) in [6.45, 7) is 3.23. The van der Waals surface area contributed by atoms with Crippen LogP contribution in [0.25, 0.3) is 10.9 Å². The predicted octanol–water partition coefficient (Wildman–Crippen LogP) is 2.98. The van der Waals surface area contributed by atoms with Crippen molar-refractivity contribution in [3.63, 3.8) is 0 Å². The molecular weight excluding hydrogens is 418 g/mol. The van der Waals surface area contributed by atoms with E-state index < -0.39 is 0 Å². The van der Waals surface area contributed by atoms with Gasteiger partial charge >= 0.3 is 0 Å². The summed E-state index contributed by atoms with van der Waals surface area (Å²) in [5, 5.41) is 4.11. The Morgan fingerprint density at radius 1 is 1.18 bits per heavy atom. The van der Waals surface area contributed by atoms with Crippen LogP contribution in [0.2, 0.25) is 0 Å². The second kappa shape index (κ2) is 12.4. The van der Waals surface area contributed by atoms with Crippen molar-refractivity contribution in [3.05, 3.63) is 48.3 Å². The number of nitrogens with two attached hydrogens (primary N) is 1. The minimum atomic E-state index is 0.448. The monoisotopic (exact) mass is 447 g/mol. The van der Waals surface area contributed by atoms with Crippen molar-refractivity contribution in [2.45, 2.75) is 12.8 Å². The number of methoxy groups -OCH3 is 1. The lowest BCUT2D eigenvalue weighted by molar-refractivity contribution is -0.108. The Kier molecular flexibility index (Phi) is 9.00. The molecule has 0 saturated carbocycles. The summed E-state index contributed by atoms with van der Waals surface area (Å²) in [5.41, 5.74) is 8.05. The third-order valence-corrected chi connectivity index (χ3v) is 5.12. The highest BCUT2D eigenvalue weighted by Gasteiger charge is 2.13. The second-order valence-corrected chi connectivity index (χ2v) is 7.38. The van der Waals surface area contributed by atoms with Crippen LogP contribution >= 0.6 is 0 Å². The molecule has 1 heterocycles. The van der Waals surface area contributed by atoms with E-state index in [0.29, 0.717) is 43.4 Å². The maximum atomic E-state index is 10.6. The van der Waals surface area contributed by atoms with Crippen molar-refractivity contribution in [1.29, 1.82) is 0 Å². The van der Waals surface area contributed by atoms with Crippen LogP contribution in [0.15, 0.2) is 42.7 Å². The van der Waals surface area contributed by atoms with Gasteiger partial charge in [-0.25, -0.2) is 9.97 Å². The molecule has 0 aliphatic carbocycles. The Labute approximate surface area is 194 Å². The van der Waals surface area contributed by atoms with E-state index in [9.17, 15) is 4.79 Å². The van der Waals surface area contributed by atoms with E-state index in [4.69, 9.17) is 21.6 Å². The number of terminal acetylenes is 1. The summed E-state index contributed by atoms with van der Waals surface area (Å²) < 4.78 is 11.6. The van der Waals surface area contributed by atoms with Gasteiger partial charge in [0, 0.05) is 48.8 Å². The van der Waals surface area contributed by atoms with Crippen molar-refractivity contribution < 1.29 is 14.3 Å². The number of aromatic nitrogens is 2. The molecule has 3 rings (SSSR count). The molecule has 33 heavy (non-hydrogen) atoms. The van der Waals surface area contributed by atoms with Crippen molar-refractivity contribution >= 4 is 28.7 Å². The van der Waals surface area contributed by atoms with Crippen LogP contribution in [0.4, 0.5) is 11.5 Å². The van der Waals surface area contributed by atoms with Gasteiger partial charge in [0.25, 0.3) is 0 Å². The Balaban J connectivity index is 1.79. The highest BCUT2D eigenvalue weighted by atomic mass is 16.5. The van der Waals surface area contributed by atoms with Gasteiger partial charge in [-0.3, -0.25) is 4.90 Å². The SMILES string of the molecule is C#Cc1cccc(Nc2ncnc3cc(OC)c(OCCN(CCN)CCCC=O)cc23)c1. The Bertz CT molecular complexity index is 1110. The third kappa shape index (κ3) is 6.65. The van der Waals surface area contributed by atoms with Gasteiger partial charge in [-0.15, -0.1) is 6.42 Å². The standard InChI is InChI=1S/C25H29N5O3/c1-3-19-7-6-8-20(15-19)29-25-21-16-24(23(32-2)17-22(21)27-18-28-25)33-14-12-30(11-9-26)10-4-5-13-31/h1,6-8,13,15-18H,4-5,9-12,14,26H2,2H3,(H,27,28,29). The highest BCUT2D eigenvalue weighted by molar-refractivity contribution is 5.93. The van der Waals surface area contributed by atoms with Gasteiger partial charge in [0.15, 0.2) is 11.5 Å². The number of unbranched alkanes of at least 4 members (excludes halogenated alkanes) is 1. The maximum Gasteiger partial charge on any atom is 0.162 e. The molecule has 0 aliphatic rings. The molecule has 0 atom stereocenters. The quantitative estimate of drug-likeness (QED) is 0.234. The van der Waals surface area contributed by atoms with Crippen molar-refractivity contribution in [1.82, 2.24) is 14.9 Å². The number of ether oxygens (including phenoxy) is 2. The fourth-order valence-electron chi connectivity index (χ4n) is 3.46.